The van der Waals surface area contributed by atoms with Gasteiger partial charge in [-0.25, -0.2) is 4.98 Å². The molecule has 0 aliphatic carbocycles. The fourth-order valence-corrected chi connectivity index (χ4v) is 1.74. The van der Waals surface area contributed by atoms with Crippen LogP contribution in [0, 0.1) is 0 Å². The Morgan fingerprint density at radius 3 is 2.70 bits per heavy atom. The van der Waals surface area contributed by atoms with E-state index in [4.69, 9.17) is 0 Å². The number of rotatable bonds is 6. The Hall–Kier alpha value is -1.31. The first-order valence-electron chi connectivity index (χ1n) is 6.08. The van der Waals surface area contributed by atoms with E-state index in [9.17, 15) is 18.0 Å². The molecule has 20 heavy (non-hydrogen) atoms. The van der Waals surface area contributed by atoms with E-state index in [0.29, 0.717) is 16.8 Å². The summed E-state index contributed by atoms with van der Waals surface area (Å²) in [6.07, 6.45) is -2.98. The Bertz CT molecular complexity index is 466. The number of pyridine rings is 1. The molecule has 8 heteroatoms. The maximum absolute atomic E-state index is 12.0. The van der Waals surface area contributed by atoms with Crippen LogP contribution in [0.3, 0.4) is 0 Å². The van der Waals surface area contributed by atoms with Gasteiger partial charge in [0.1, 0.15) is 5.82 Å². The standard InChI is InChI=1S/C12H15BrF3N3O/c1-2-4-17-10-9(6-8(13)7-19-10)11(20)18-5-3-12(14,15)16/h6-7H,2-5H2,1H3,(H,17,19)(H,18,20). The Morgan fingerprint density at radius 1 is 1.40 bits per heavy atom. The van der Waals surface area contributed by atoms with Crippen molar-refractivity contribution < 1.29 is 18.0 Å². The zero-order chi connectivity index (χ0) is 15.2. The van der Waals surface area contributed by atoms with Gasteiger partial charge in [0.15, 0.2) is 0 Å². The summed E-state index contributed by atoms with van der Waals surface area (Å²) in [6.45, 7) is 2.12. The third-order valence-corrected chi connectivity index (χ3v) is 2.77. The molecule has 0 aliphatic heterocycles. The summed E-state index contributed by atoms with van der Waals surface area (Å²) in [6, 6.07) is 1.52. The minimum atomic E-state index is -4.29. The SMILES string of the molecule is CCCNc1ncc(Br)cc1C(=O)NCCC(F)(F)F. The first-order chi connectivity index (χ1) is 9.33. The average Bonchev–Trinajstić information content (AvgIpc) is 2.35. The Balaban J connectivity index is 2.72. The number of nitrogens with one attached hydrogen (secondary N) is 2. The third-order valence-electron chi connectivity index (χ3n) is 2.34. The number of aromatic nitrogens is 1. The Labute approximate surface area is 123 Å². The number of carbonyl (C=O) groups is 1. The van der Waals surface area contributed by atoms with Crippen LogP contribution < -0.4 is 10.6 Å². The molecular weight excluding hydrogens is 339 g/mol. The number of hydrogen-bond acceptors (Lipinski definition) is 3. The number of amides is 1. The van der Waals surface area contributed by atoms with Crippen molar-refractivity contribution in [3.05, 3.63) is 22.3 Å². The fourth-order valence-electron chi connectivity index (χ4n) is 1.41. The third kappa shape index (κ3) is 5.77. The molecule has 0 radical (unpaired) electrons. The van der Waals surface area contributed by atoms with E-state index in [0.717, 1.165) is 6.42 Å². The minimum absolute atomic E-state index is 0.218. The van der Waals surface area contributed by atoms with Crippen LogP contribution in [-0.2, 0) is 0 Å². The molecule has 4 nitrogen and oxygen atoms in total. The molecule has 0 aromatic carbocycles. The van der Waals surface area contributed by atoms with Crippen molar-refractivity contribution in [1.29, 1.82) is 0 Å². The van der Waals surface area contributed by atoms with Crippen molar-refractivity contribution in [1.82, 2.24) is 10.3 Å². The number of carbonyl (C=O) groups excluding carboxylic acids is 1. The van der Waals surface area contributed by atoms with E-state index in [1.54, 1.807) is 0 Å². The smallest absolute Gasteiger partial charge is 0.369 e. The Kier molecular flexibility index (Phi) is 6.25. The maximum atomic E-state index is 12.0. The van der Waals surface area contributed by atoms with Gasteiger partial charge < -0.3 is 10.6 Å². The number of nitrogens with zero attached hydrogens (tertiary/aromatic N) is 1. The monoisotopic (exact) mass is 353 g/mol. The van der Waals surface area contributed by atoms with Crippen LogP contribution >= 0.6 is 15.9 Å². The molecule has 1 amide bonds. The van der Waals surface area contributed by atoms with Gasteiger partial charge in [0.25, 0.3) is 5.91 Å². The molecule has 0 saturated heterocycles. The summed E-state index contributed by atoms with van der Waals surface area (Å²) in [5, 5.41) is 5.20. The van der Waals surface area contributed by atoms with Gasteiger partial charge in [0, 0.05) is 23.8 Å². The van der Waals surface area contributed by atoms with Gasteiger partial charge in [-0.05, 0) is 28.4 Å². The second-order valence-corrected chi connectivity index (χ2v) is 5.01. The molecule has 0 saturated carbocycles. The second kappa shape index (κ2) is 7.47. The lowest BCUT2D eigenvalue weighted by Gasteiger charge is -2.12. The van der Waals surface area contributed by atoms with Crippen LogP contribution in [0.15, 0.2) is 16.7 Å². The molecule has 112 valence electrons. The number of hydrogen-bond donors (Lipinski definition) is 2. The minimum Gasteiger partial charge on any atom is -0.369 e. The van der Waals surface area contributed by atoms with Crippen LogP contribution in [-0.4, -0.2) is 30.2 Å². The topological polar surface area (TPSA) is 54.0 Å². The maximum Gasteiger partial charge on any atom is 0.390 e. The van der Waals surface area contributed by atoms with Crippen molar-refractivity contribution in [3.63, 3.8) is 0 Å². The molecule has 1 heterocycles. The predicted octanol–water partition coefficient (Wildman–Crippen LogP) is 3.35. The van der Waals surface area contributed by atoms with Crippen LogP contribution in [0.1, 0.15) is 30.1 Å². The molecular formula is C12H15BrF3N3O. The molecule has 0 fully saturated rings. The largest absolute Gasteiger partial charge is 0.390 e. The summed E-state index contributed by atoms with van der Waals surface area (Å²) in [5.74, 6) is -0.221. The normalized spacial score (nSPS) is 11.2. The molecule has 0 atom stereocenters. The quantitative estimate of drug-likeness (QED) is 0.824. The van der Waals surface area contributed by atoms with Crippen LogP contribution in [0.25, 0.3) is 0 Å². The zero-order valence-corrected chi connectivity index (χ0v) is 12.4. The molecule has 2 N–H and O–H groups in total. The van der Waals surface area contributed by atoms with Gasteiger partial charge in [0.2, 0.25) is 0 Å². The summed E-state index contributed by atoms with van der Waals surface area (Å²) < 4.78 is 36.7. The van der Waals surface area contributed by atoms with Gasteiger partial charge in [-0.2, -0.15) is 13.2 Å². The first-order valence-corrected chi connectivity index (χ1v) is 6.87. The highest BCUT2D eigenvalue weighted by molar-refractivity contribution is 9.10. The van der Waals surface area contributed by atoms with Crippen LogP contribution in [0.5, 0.6) is 0 Å². The van der Waals surface area contributed by atoms with E-state index in [2.05, 4.69) is 31.5 Å². The van der Waals surface area contributed by atoms with E-state index in [1.807, 2.05) is 6.92 Å². The number of anilines is 1. The van der Waals surface area contributed by atoms with Gasteiger partial charge in [-0.3, -0.25) is 4.79 Å². The number of alkyl halides is 3. The highest BCUT2D eigenvalue weighted by Crippen LogP contribution is 2.20. The van der Waals surface area contributed by atoms with Gasteiger partial charge >= 0.3 is 6.18 Å². The van der Waals surface area contributed by atoms with Crippen LogP contribution in [0.2, 0.25) is 0 Å². The molecule has 0 bridgehead atoms. The van der Waals surface area contributed by atoms with Gasteiger partial charge in [-0.15, -0.1) is 0 Å². The molecule has 0 unspecified atom stereocenters. The molecule has 1 aromatic heterocycles. The molecule has 1 aromatic rings. The summed E-state index contributed by atoms with van der Waals surface area (Å²) in [5.41, 5.74) is 0.218. The second-order valence-electron chi connectivity index (χ2n) is 4.10. The molecule has 1 rings (SSSR count). The highest BCUT2D eigenvalue weighted by Gasteiger charge is 2.26. The predicted molar refractivity (Wildman–Crippen MR) is 73.7 cm³/mol. The van der Waals surface area contributed by atoms with E-state index in [-0.39, 0.29) is 5.56 Å². The Morgan fingerprint density at radius 2 is 2.10 bits per heavy atom. The summed E-state index contributed by atoms with van der Waals surface area (Å²) in [4.78, 5) is 15.9. The summed E-state index contributed by atoms with van der Waals surface area (Å²) in [7, 11) is 0. The fraction of sp³-hybridized carbons (Fsp3) is 0.500. The van der Waals surface area contributed by atoms with Crippen molar-refractivity contribution in [3.8, 4) is 0 Å². The van der Waals surface area contributed by atoms with E-state index >= 15 is 0 Å². The van der Waals surface area contributed by atoms with Crippen molar-refractivity contribution in [2.75, 3.05) is 18.4 Å². The lowest BCUT2D eigenvalue weighted by molar-refractivity contribution is -0.132. The first kappa shape index (κ1) is 16.7. The molecule has 0 aliphatic rings. The van der Waals surface area contributed by atoms with Crippen LogP contribution in [0.4, 0.5) is 19.0 Å². The van der Waals surface area contributed by atoms with Crippen molar-refractivity contribution in [2.24, 2.45) is 0 Å². The zero-order valence-electron chi connectivity index (χ0n) is 10.9. The van der Waals surface area contributed by atoms with Crippen molar-refractivity contribution in [2.45, 2.75) is 25.9 Å². The molecule has 0 spiro atoms. The lowest BCUT2D eigenvalue weighted by atomic mass is 10.2. The lowest BCUT2D eigenvalue weighted by Crippen LogP contribution is -2.28. The highest BCUT2D eigenvalue weighted by atomic mass is 79.9. The van der Waals surface area contributed by atoms with E-state index < -0.39 is 25.0 Å². The number of halogens is 4. The van der Waals surface area contributed by atoms with E-state index in [1.165, 1.54) is 12.3 Å². The van der Waals surface area contributed by atoms with Gasteiger partial charge in [0.05, 0.1) is 12.0 Å². The summed E-state index contributed by atoms with van der Waals surface area (Å²) >= 11 is 3.18. The van der Waals surface area contributed by atoms with Gasteiger partial charge in [-0.1, -0.05) is 6.92 Å². The average molecular weight is 354 g/mol. The van der Waals surface area contributed by atoms with Crippen molar-refractivity contribution >= 4 is 27.7 Å².